The molecule has 0 aliphatic carbocycles. The smallest absolute Gasteiger partial charge is 0.261 e. The number of fused-ring (bicyclic) bond motifs is 1. The molecule has 0 atom stereocenters. The molecule has 53 heavy (non-hydrogen) atoms. The summed E-state index contributed by atoms with van der Waals surface area (Å²) in [6.07, 6.45) is 2.79. The van der Waals surface area contributed by atoms with E-state index in [9.17, 15) is 23.1 Å². The van der Waals surface area contributed by atoms with Gasteiger partial charge in [-0.05, 0) is 60.0 Å². The van der Waals surface area contributed by atoms with Crippen LogP contribution in [-0.2, 0) is 27.8 Å². The second-order valence-corrected chi connectivity index (χ2v) is 14.1. The fraction of sp³-hybridized carbons (Fsp3) is 0.158. The molecule has 0 saturated heterocycles. The lowest BCUT2D eigenvalue weighted by Gasteiger charge is -2.11. The number of nitrogens with one attached hydrogen (secondary N) is 4. The summed E-state index contributed by atoms with van der Waals surface area (Å²) in [6.45, 7) is 0.841. The number of aromatic nitrogens is 3. The van der Waals surface area contributed by atoms with Crippen LogP contribution in [0.1, 0.15) is 34.3 Å². The number of benzene rings is 4. The highest BCUT2D eigenvalue weighted by Gasteiger charge is 2.17. The summed E-state index contributed by atoms with van der Waals surface area (Å²) < 4.78 is 34.4. The van der Waals surface area contributed by atoms with E-state index in [1.54, 1.807) is 79.0 Å². The monoisotopic (exact) mass is 753 g/mol. The largest absolute Gasteiger partial charge is 0.507 e. The van der Waals surface area contributed by atoms with E-state index in [-0.39, 0.29) is 41.2 Å². The number of nitrogens with two attached hydrogens (primary N) is 1. The highest BCUT2D eigenvalue weighted by atomic mass is 35.5. The molecule has 0 radical (unpaired) electrons. The molecule has 0 aliphatic heterocycles. The number of amides is 2. The van der Waals surface area contributed by atoms with Gasteiger partial charge in [0.1, 0.15) is 11.4 Å². The lowest BCUT2D eigenvalue weighted by atomic mass is 10.1. The second kappa shape index (κ2) is 16.5. The SMILES string of the molecule is Nc1nnc(-c2ccccc2O)cc1OCCc1ccc(C(=O)NCCCC(=O)NCc2ccc(S(=O)(=O)Nc3cccc4c(Cl)c[nH]c34)cc2)cc1. The lowest BCUT2D eigenvalue weighted by molar-refractivity contribution is -0.121. The van der Waals surface area contributed by atoms with Crippen molar-refractivity contribution in [1.82, 2.24) is 25.8 Å². The summed E-state index contributed by atoms with van der Waals surface area (Å²) in [5, 5.41) is 25.0. The maximum absolute atomic E-state index is 13.0. The van der Waals surface area contributed by atoms with Gasteiger partial charge in [0.15, 0.2) is 11.6 Å². The Hall–Kier alpha value is -6.12. The zero-order valence-electron chi connectivity index (χ0n) is 28.3. The number of hydrogen-bond donors (Lipinski definition) is 6. The Bertz CT molecular complexity index is 2350. The molecule has 7 N–H and O–H groups in total. The number of para-hydroxylation sites is 2. The van der Waals surface area contributed by atoms with Crippen LogP contribution < -0.4 is 25.8 Å². The number of aromatic amines is 1. The minimum Gasteiger partial charge on any atom is -0.507 e. The Labute approximate surface area is 310 Å². The molecule has 13 nitrogen and oxygen atoms in total. The highest BCUT2D eigenvalue weighted by molar-refractivity contribution is 7.92. The van der Waals surface area contributed by atoms with E-state index >= 15 is 0 Å². The molecule has 4 aromatic carbocycles. The van der Waals surface area contributed by atoms with Crippen LogP contribution in [0, 0.1) is 0 Å². The molecule has 0 saturated carbocycles. The van der Waals surface area contributed by atoms with Crippen molar-refractivity contribution in [2.45, 2.75) is 30.7 Å². The standard InChI is InChI=1S/C38H36ClN7O6S/c39-30-23-43-36-28(30)6-3-7-31(36)46-53(50,51)27-16-12-25(13-17-27)22-42-35(48)9-4-19-41-38(49)26-14-10-24(11-15-26)18-20-52-34-21-32(44-45-37(34)40)29-5-1-2-8-33(29)47/h1-3,5-8,10-17,21,23,43,46-47H,4,9,18-20,22H2,(H2,40,45)(H,41,49)(H,42,48). The molecule has 15 heteroatoms. The maximum atomic E-state index is 13.0. The van der Waals surface area contributed by atoms with Gasteiger partial charge < -0.3 is 31.2 Å². The van der Waals surface area contributed by atoms with Crippen molar-refractivity contribution in [3.05, 3.63) is 125 Å². The van der Waals surface area contributed by atoms with Crippen molar-refractivity contribution in [2.24, 2.45) is 0 Å². The number of phenolic OH excluding ortho intramolecular Hbond substituents is 1. The van der Waals surface area contributed by atoms with E-state index in [0.717, 1.165) is 11.1 Å². The Kier molecular flexibility index (Phi) is 11.4. The zero-order chi connectivity index (χ0) is 37.4. The molecule has 272 valence electrons. The van der Waals surface area contributed by atoms with E-state index in [2.05, 4.69) is 30.5 Å². The molecule has 2 aromatic heterocycles. The lowest BCUT2D eigenvalue weighted by Crippen LogP contribution is -2.27. The maximum Gasteiger partial charge on any atom is 0.261 e. The number of anilines is 2. The van der Waals surface area contributed by atoms with Crippen LogP contribution in [0.15, 0.2) is 108 Å². The number of nitrogen functional groups attached to an aromatic ring is 1. The first-order valence-corrected chi connectivity index (χ1v) is 18.5. The predicted octanol–water partition coefficient (Wildman–Crippen LogP) is 5.81. The number of sulfonamides is 1. The van der Waals surface area contributed by atoms with E-state index in [1.165, 1.54) is 12.1 Å². The van der Waals surface area contributed by atoms with Gasteiger partial charge in [-0.1, -0.05) is 60.1 Å². The normalized spacial score (nSPS) is 11.3. The van der Waals surface area contributed by atoms with E-state index in [4.69, 9.17) is 22.1 Å². The summed E-state index contributed by atoms with van der Waals surface area (Å²) in [5.74, 6) is 0.118. The van der Waals surface area contributed by atoms with Crippen LogP contribution in [0.4, 0.5) is 11.5 Å². The summed E-state index contributed by atoms with van der Waals surface area (Å²) in [4.78, 5) is 28.1. The van der Waals surface area contributed by atoms with Gasteiger partial charge >= 0.3 is 0 Å². The zero-order valence-corrected chi connectivity index (χ0v) is 29.9. The van der Waals surface area contributed by atoms with Gasteiger partial charge in [-0.25, -0.2) is 8.42 Å². The van der Waals surface area contributed by atoms with Gasteiger partial charge in [-0.3, -0.25) is 14.3 Å². The molecule has 0 bridgehead atoms. The van der Waals surface area contributed by atoms with Crippen molar-refractivity contribution in [3.63, 3.8) is 0 Å². The van der Waals surface area contributed by atoms with Gasteiger partial charge in [0.05, 0.1) is 27.7 Å². The Balaban J connectivity index is 0.891. The van der Waals surface area contributed by atoms with Crippen molar-refractivity contribution >= 4 is 55.8 Å². The van der Waals surface area contributed by atoms with Gasteiger partial charge in [0, 0.05) is 54.7 Å². The van der Waals surface area contributed by atoms with Gasteiger partial charge in [-0.15, -0.1) is 10.2 Å². The first kappa shape index (κ1) is 36.7. The molecule has 0 spiro atoms. The van der Waals surface area contributed by atoms with Crippen LogP contribution in [0.25, 0.3) is 22.2 Å². The summed E-state index contributed by atoms with van der Waals surface area (Å²) in [6, 6.07) is 26.9. The molecule has 2 heterocycles. The number of halogens is 1. The first-order valence-electron chi connectivity index (χ1n) is 16.6. The fourth-order valence-corrected chi connectivity index (χ4v) is 6.74. The average Bonchev–Trinajstić information content (AvgIpc) is 3.55. The number of phenols is 1. The summed E-state index contributed by atoms with van der Waals surface area (Å²) in [7, 11) is -3.87. The van der Waals surface area contributed by atoms with Gasteiger partial charge in [-0.2, -0.15) is 0 Å². The van der Waals surface area contributed by atoms with E-state index in [0.29, 0.717) is 70.2 Å². The number of carbonyl (C=O) groups is 2. The molecule has 0 unspecified atom stereocenters. The van der Waals surface area contributed by atoms with Crippen molar-refractivity contribution in [3.8, 4) is 22.8 Å². The van der Waals surface area contributed by atoms with Crippen LogP contribution in [0.5, 0.6) is 11.5 Å². The van der Waals surface area contributed by atoms with E-state index < -0.39 is 10.0 Å². The first-order chi connectivity index (χ1) is 25.6. The third kappa shape index (κ3) is 9.22. The highest BCUT2D eigenvalue weighted by Crippen LogP contribution is 2.31. The summed E-state index contributed by atoms with van der Waals surface area (Å²) >= 11 is 6.15. The van der Waals surface area contributed by atoms with Gasteiger partial charge in [0.25, 0.3) is 15.9 Å². The molecule has 6 aromatic rings. The van der Waals surface area contributed by atoms with Crippen LogP contribution in [-0.4, -0.2) is 53.7 Å². The number of nitrogens with zero attached hydrogens (tertiary/aromatic N) is 2. The Morgan fingerprint density at radius 1 is 0.906 bits per heavy atom. The van der Waals surface area contributed by atoms with Crippen molar-refractivity contribution in [1.29, 1.82) is 0 Å². The van der Waals surface area contributed by atoms with Crippen LogP contribution in [0.2, 0.25) is 5.02 Å². The van der Waals surface area contributed by atoms with Crippen LogP contribution in [0.3, 0.4) is 0 Å². The second-order valence-electron chi connectivity index (χ2n) is 12.0. The van der Waals surface area contributed by atoms with Gasteiger partial charge in [0.2, 0.25) is 5.91 Å². The number of rotatable bonds is 15. The number of hydrogen-bond acceptors (Lipinski definition) is 9. The Morgan fingerprint density at radius 3 is 2.43 bits per heavy atom. The quantitative estimate of drug-likeness (QED) is 0.0700. The topological polar surface area (TPSA) is 201 Å². The molecule has 2 amide bonds. The van der Waals surface area contributed by atoms with Crippen LogP contribution >= 0.6 is 11.6 Å². The van der Waals surface area contributed by atoms with Crippen molar-refractivity contribution in [2.75, 3.05) is 23.6 Å². The van der Waals surface area contributed by atoms with Crippen molar-refractivity contribution < 1.29 is 27.9 Å². The fourth-order valence-electron chi connectivity index (χ4n) is 5.46. The van der Waals surface area contributed by atoms with E-state index in [1.807, 2.05) is 12.1 Å². The number of ether oxygens (including phenoxy) is 1. The molecule has 0 fully saturated rings. The predicted molar refractivity (Wildman–Crippen MR) is 203 cm³/mol. The molecule has 0 aliphatic rings. The third-order valence-electron chi connectivity index (χ3n) is 8.33. The third-order valence-corrected chi connectivity index (χ3v) is 10.0. The number of aromatic hydroxyl groups is 1. The number of H-pyrrole nitrogens is 1. The number of carbonyl (C=O) groups excluding carboxylic acids is 2. The minimum absolute atomic E-state index is 0.0732. The molecular formula is C38H36ClN7O6S. The summed E-state index contributed by atoms with van der Waals surface area (Å²) in [5.41, 5.74) is 10.0. The minimum atomic E-state index is -3.87. The molecular weight excluding hydrogens is 718 g/mol. The average molecular weight is 754 g/mol. The molecule has 6 rings (SSSR count). The Morgan fingerprint density at radius 2 is 1.66 bits per heavy atom.